The van der Waals surface area contributed by atoms with Gasteiger partial charge in [-0.1, -0.05) is 23.7 Å². The molecule has 0 fully saturated rings. The summed E-state index contributed by atoms with van der Waals surface area (Å²) in [5, 5.41) is 3.64. The summed E-state index contributed by atoms with van der Waals surface area (Å²) < 4.78 is 5.00. The summed E-state index contributed by atoms with van der Waals surface area (Å²) in [4.78, 5) is 18.4. The number of hydrogen-bond donors (Lipinski definition) is 0. The van der Waals surface area contributed by atoms with Crippen LogP contribution in [0.2, 0.25) is 5.02 Å². The first-order valence-electron chi connectivity index (χ1n) is 7.81. The summed E-state index contributed by atoms with van der Waals surface area (Å²) in [5.41, 5.74) is 2.52. The summed E-state index contributed by atoms with van der Waals surface area (Å²) in [7, 11) is 1.94. The van der Waals surface area contributed by atoms with E-state index in [1.54, 1.807) is 30.4 Å². The van der Waals surface area contributed by atoms with Gasteiger partial charge in [-0.25, -0.2) is 9.78 Å². The molecule has 0 aliphatic rings. The van der Waals surface area contributed by atoms with Crippen molar-refractivity contribution in [3.8, 4) is 10.6 Å². The first-order valence-corrected chi connectivity index (χ1v) is 9.06. The minimum absolute atomic E-state index is 0.310. The summed E-state index contributed by atoms with van der Waals surface area (Å²) in [6.07, 6.45) is 0. The van der Waals surface area contributed by atoms with Crippen LogP contribution in [0.15, 0.2) is 53.9 Å². The molecule has 4 nitrogen and oxygen atoms in total. The number of anilines is 2. The van der Waals surface area contributed by atoms with Crippen molar-refractivity contribution in [1.82, 2.24) is 4.98 Å². The zero-order valence-electron chi connectivity index (χ0n) is 13.9. The van der Waals surface area contributed by atoms with Crippen LogP contribution in [-0.2, 0) is 4.74 Å². The maximum Gasteiger partial charge on any atom is 0.338 e. The van der Waals surface area contributed by atoms with Crippen molar-refractivity contribution >= 4 is 40.4 Å². The van der Waals surface area contributed by atoms with Gasteiger partial charge in [0.05, 0.1) is 12.2 Å². The number of carbonyl (C=O) groups is 1. The molecule has 0 spiro atoms. The molecule has 1 heterocycles. The highest BCUT2D eigenvalue weighted by Gasteiger charge is 2.12. The summed E-state index contributed by atoms with van der Waals surface area (Å²) >= 11 is 7.51. The Bertz CT molecular complexity index is 860. The largest absolute Gasteiger partial charge is 0.462 e. The Hall–Kier alpha value is -2.37. The second-order valence-electron chi connectivity index (χ2n) is 5.34. The molecular formula is C19H17ClN2O2S. The molecular weight excluding hydrogens is 356 g/mol. The number of ether oxygens (including phenoxy) is 1. The molecule has 0 aliphatic carbocycles. The molecule has 0 atom stereocenters. The lowest BCUT2D eigenvalue weighted by atomic mass is 10.2. The van der Waals surface area contributed by atoms with E-state index in [1.165, 1.54) is 0 Å². The van der Waals surface area contributed by atoms with Crippen molar-refractivity contribution in [2.24, 2.45) is 0 Å². The van der Waals surface area contributed by atoms with Gasteiger partial charge in [0.25, 0.3) is 0 Å². The van der Waals surface area contributed by atoms with E-state index in [4.69, 9.17) is 16.3 Å². The number of rotatable bonds is 5. The van der Waals surface area contributed by atoms with Crippen LogP contribution in [0.5, 0.6) is 0 Å². The predicted octanol–water partition coefficient (Wildman–Crippen LogP) is 5.41. The van der Waals surface area contributed by atoms with E-state index < -0.39 is 0 Å². The van der Waals surface area contributed by atoms with E-state index in [1.807, 2.05) is 53.7 Å². The fourth-order valence-corrected chi connectivity index (χ4v) is 3.28. The number of carbonyl (C=O) groups excluding carboxylic acids is 1. The van der Waals surface area contributed by atoms with Gasteiger partial charge in [-0.2, -0.15) is 0 Å². The highest BCUT2D eigenvalue weighted by atomic mass is 35.5. The number of thiazole rings is 1. The number of halogens is 1. The lowest BCUT2D eigenvalue weighted by Crippen LogP contribution is -2.10. The van der Waals surface area contributed by atoms with Gasteiger partial charge in [-0.3, -0.25) is 0 Å². The summed E-state index contributed by atoms with van der Waals surface area (Å²) in [6, 6.07) is 14.9. The van der Waals surface area contributed by atoms with Crippen molar-refractivity contribution in [3.05, 3.63) is 64.5 Å². The Labute approximate surface area is 155 Å². The maximum atomic E-state index is 11.7. The normalized spacial score (nSPS) is 10.5. The van der Waals surface area contributed by atoms with Crippen LogP contribution in [0.4, 0.5) is 11.5 Å². The molecule has 1 aromatic heterocycles. The van der Waals surface area contributed by atoms with E-state index in [9.17, 15) is 4.79 Å². The van der Waals surface area contributed by atoms with Crippen molar-refractivity contribution < 1.29 is 9.53 Å². The molecule has 2 aromatic carbocycles. The fraction of sp³-hybridized carbons (Fsp3) is 0.158. The third kappa shape index (κ3) is 4.00. The highest BCUT2D eigenvalue weighted by Crippen LogP contribution is 2.31. The van der Waals surface area contributed by atoms with Crippen LogP contribution in [0, 0.1) is 0 Å². The molecule has 6 heteroatoms. The quantitative estimate of drug-likeness (QED) is 0.562. The average Bonchev–Trinajstić information content (AvgIpc) is 3.12. The molecule has 0 bridgehead atoms. The Balaban J connectivity index is 1.78. The Morgan fingerprint density at radius 1 is 1.16 bits per heavy atom. The van der Waals surface area contributed by atoms with Crippen LogP contribution in [0.3, 0.4) is 0 Å². The molecule has 3 aromatic rings. The van der Waals surface area contributed by atoms with E-state index in [2.05, 4.69) is 4.98 Å². The molecule has 0 amide bonds. The molecule has 0 saturated heterocycles. The number of nitrogens with zero attached hydrogens (tertiary/aromatic N) is 2. The van der Waals surface area contributed by atoms with Crippen LogP contribution in [0.25, 0.3) is 10.6 Å². The Kier molecular flexibility index (Phi) is 5.36. The lowest BCUT2D eigenvalue weighted by molar-refractivity contribution is 0.0526. The molecule has 0 aliphatic heterocycles. The number of benzene rings is 2. The molecule has 128 valence electrons. The van der Waals surface area contributed by atoms with Crippen LogP contribution >= 0.6 is 22.9 Å². The molecule has 0 unspecified atom stereocenters. The summed E-state index contributed by atoms with van der Waals surface area (Å²) in [5.74, 6) is 0.536. The highest BCUT2D eigenvalue weighted by molar-refractivity contribution is 7.13. The lowest BCUT2D eigenvalue weighted by Gasteiger charge is -2.16. The van der Waals surface area contributed by atoms with Crippen LogP contribution < -0.4 is 4.90 Å². The molecule has 0 saturated carbocycles. The van der Waals surface area contributed by atoms with Gasteiger partial charge in [0, 0.05) is 28.7 Å². The van der Waals surface area contributed by atoms with Gasteiger partial charge in [-0.15, -0.1) is 11.3 Å². The van der Waals surface area contributed by atoms with E-state index in [0.717, 1.165) is 22.1 Å². The van der Waals surface area contributed by atoms with Gasteiger partial charge < -0.3 is 9.64 Å². The zero-order chi connectivity index (χ0) is 17.8. The maximum absolute atomic E-state index is 11.7. The predicted molar refractivity (Wildman–Crippen MR) is 103 cm³/mol. The van der Waals surface area contributed by atoms with Crippen molar-refractivity contribution in [3.63, 3.8) is 0 Å². The SMILES string of the molecule is CCOC(=O)c1ccc(N(C)c2csc(-c3ccc(Cl)cc3)n2)cc1. The number of aromatic nitrogens is 1. The van der Waals surface area contributed by atoms with Crippen molar-refractivity contribution in [1.29, 1.82) is 0 Å². The topological polar surface area (TPSA) is 42.4 Å². The first kappa shape index (κ1) is 17.5. The molecule has 3 rings (SSSR count). The summed E-state index contributed by atoms with van der Waals surface area (Å²) in [6.45, 7) is 2.16. The zero-order valence-corrected chi connectivity index (χ0v) is 15.5. The molecule has 0 N–H and O–H groups in total. The van der Waals surface area contributed by atoms with Gasteiger partial charge in [0.1, 0.15) is 10.8 Å². The minimum atomic E-state index is -0.310. The van der Waals surface area contributed by atoms with Crippen molar-refractivity contribution in [2.75, 3.05) is 18.6 Å². The van der Waals surface area contributed by atoms with Gasteiger partial charge >= 0.3 is 5.97 Å². The number of hydrogen-bond acceptors (Lipinski definition) is 5. The van der Waals surface area contributed by atoms with E-state index in [-0.39, 0.29) is 5.97 Å². The molecule has 25 heavy (non-hydrogen) atoms. The van der Waals surface area contributed by atoms with Crippen molar-refractivity contribution in [2.45, 2.75) is 6.92 Å². The second kappa shape index (κ2) is 7.68. The Morgan fingerprint density at radius 3 is 2.48 bits per heavy atom. The Morgan fingerprint density at radius 2 is 1.84 bits per heavy atom. The second-order valence-corrected chi connectivity index (χ2v) is 6.64. The van der Waals surface area contributed by atoms with E-state index >= 15 is 0 Å². The van der Waals surface area contributed by atoms with Crippen LogP contribution in [0.1, 0.15) is 17.3 Å². The standard InChI is InChI=1S/C19H17ClN2O2S/c1-3-24-19(23)14-6-10-16(11-7-14)22(2)17-12-25-18(21-17)13-4-8-15(20)9-5-13/h4-12H,3H2,1-2H3. The number of esters is 1. The fourth-order valence-electron chi connectivity index (χ4n) is 2.31. The monoisotopic (exact) mass is 372 g/mol. The first-order chi connectivity index (χ1) is 12.1. The van der Waals surface area contributed by atoms with E-state index in [0.29, 0.717) is 17.2 Å². The smallest absolute Gasteiger partial charge is 0.338 e. The van der Waals surface area contributed by atoms with Gasteiger partial charge in [0.15, 0.2) is 0 Å². The van der Waals surface area contributed by atoms with Gasteiger partial charge in [0.2, 0.25) is 0 Å². The molecule has 0 radical (unpaired) electrons. The average molecular weight is 373 g/mol. The van der Waals surface area contributed by atoms with Crippen LogP contribution in [-0.4, -0.2) is 24.6 Å². The minimum Gasteiger partial charge on any atom is -0.462 e. The third-order valence-corrected chi connectivity index (χ3v) is 4.82. The van der Waals surface area contributed by atoms with Gasteiger partial charge in [-0.05, 0) is 43.3 Å². The third-order valence-electron chi connectivity index (χ3n) is 3.69.